The molecule has 0 aromatic heterocycles. The lowest BCUT2D eigenvalue weighted by molar-refractivity contribution is -0.146. The number of rotatable bonds is 14. The third-order valence-electron chi connectivity index (χ3n) is 9.85. The highest BCUT2D eigenvalue weighted by Crippen LogP contribution is 2.69. The lowest BCUT2D eigenvalue weighted by atomic mass is 9.70. The number of amides is 3. The van der Waals surface area contributed by atoms with Crippen molar-refractivity contribution in [3.05, 3.63) is 121 Å². The maximum atomic E-state index is 15.1. The van der Waals surface area contributed by atoms with Crippen LogP contribution in [-0.2, 0) is 20.9 Å². The van der Waals surface area contributed by atoms with Crippen LogP contribution < -0.4 is 9.64 Å². The molecule has 6 rings (SSSR count). The third kappa shape index (κ3) is 6.35. The SMILES string of the molecule is C=CCN(Cc1ccccc1)C(=O)C1N([C@H](CO)c2ccccc2)C(=O)[C@@H]2[C@@H](C(=O)N(CC=C)c3ccc(OCC)cc3)[C@@H]3SC12CC3Br. The maximum Gasteiger partial charge on any atom is 0.247 e. The molecule has 1 spiro atoms. The molecule has 0 saturated carbocycles. The van der Waals surface area contributed by atoms with Gasteiger partial charge in [0.05, 0.1) is 35.8 Å². The molecule has 3 unspecified atom stereocenters. The molecule has 8 nitrogen and oxygen atoms in total. The quantitative estimate of drug-likeness (QED) is 0.161. The number of aliphatic hydroxyl groups excluding tert-OH is 1. The molecule has 49 heavy (non-hydrogen) atoms. The zero-order valence-corrected chi connectivity index (χ0v) is 30.0. The number of anilines is 1. The molecular weight excluding hydrogens is 702 g/mol. The van der Waals surface area contributed by atoms with Crippen LogP contribution in [0.2, 0.25) is 0 Å². The van der Waals surface area contributed by atoms with Gasteiger partial charge < -0.3 is 24.5 Å². The van der Waals surface area contributed by atoms with Crippen LogP contribution in [0, 0.1) is 11.8 Å². The van der Waals surface area contributed by atoms with E-state index in [9.17, 15) is 9.90 Å². The molecule has 256 valence electrons. The van der Waals surface area contributed by atoms with Crippen molar-refractivity contribution in [1.82, 2.24) is 9.80 Å². The lowest BCUT2D eigenvalue weighted by Gasteiger charge is -2.40. The largest absolute Gasteiger partial charge is 0.494 e. The smallest absolute Gasteiger partial charge is 0.247 e. The van der Waals surface area contributed by atoms with Gasteiger partial charge in [0.15, 0.2) is 0 Å². The lowest BCUT2D eigenvalue weighted by Crippen LogP contribution is -2.56. The van der Waals surface area contributed by atoms with Crippen molar-refractivity contribution in [3.63, 3.8) is 0 Å². The summed E-state index contributed by atoms with van der Waals surface area (Å²) in [6.07, 6.45) is 3.90. The average molecular weight is 745 g/mol. The Labute approximate surface area is 300 Å². The number of thioether (sulfide) groups is 1. The van der Waals surface area contributed by atoms with Crippen molar-refractivity contribution < 1.29 is 24.2 Å². The Balaban J connectivity index is 1.44. The van der Waals surface area contributed by atoms with Gasteiger partial charge in [0.25, 0.3) is 0 Å². The second kappa shape index (κ2) is 14.9. The van der Waals surface area contributed by atoms with Crippen LogP contribution in [0.3, 0.4) is 0 Å². The molecule has 3 aliphatic rings. The Hall–Kier alpha value is -3.86. The Kier molecular flexibility index (Phi) is 10.7. The predicted molar refractivity (Wildman–Crippen MR) is 198 cm³/mol. The molecule has 2 bridgehead atoms. The van der Waals surface area contributed by atoms with Crippen LogP contribution in [0.4, 0.5) is 5.69 Å². The third-order valence-corrected chi connectivity index (χ3v) is 13.1. The molecule has 10 heteroatoms. The van der Waals surface area contributed by atoms with Gasteiger partial charge >= 0.3 is 0 Å². The Morgan fingerprint density at radius 3 is 2.29 bits per heavy atom. The standard InChI is InChI=1S/C39H42BrN3O5S/c1-4-21-41(24-26-13-9-7-10-14-26)38(47)35-39-23-30(40)34(49-39)32(33(39)37(46)43(35)31(25-44)27-15-11-8-12-16-27)36(45)42(22-5-2)28-17-19-29(20-18-28)48-6-3/h4-5,7-20,30-35,44H,1-2,6,21-25H2,3H3/t30?,31-,32-,33+,34-,35?,39?/m1/s1. The number of benzene rings is 3. The minimum atomic E-state index is -0.919. The van der Waals surface area contributed by atoms with E-state index in [1.54, 1.807) is 38.6 Å². The summed E-state index contributed by atoms with van der Waals surface area (Å²) in [4.78, 5) is 49.8. The number of likely N-dealkylation sites (tertiary alicyclic amines) is 1. The number of alkyl halides is 1. The van der Waals surface area contributed by atoms with Gasteiger partial charge in [0.1, 0.15) is 11.8 Å². The van der Waals surface area contributed by atoms with Gasteiger partial charge in [-0.1, -0.05) is 88.7 Å². The van der Waals surface area contributed by atoms with Gasteiger partial charge in [-0.2, -0.15) is 0 Å². The summed E-state index contributed by atoms with van der Waals surface area (Å²) < 4.78 is 4.73. The van der Waals surface area contributed by atoms with Gasteiger partial charge in [-0.15, -0.1) is 24.9 Å². The number of halogens is 1. The fourth-order valence-electron chi connectivity index (χ4n) is 7.88. The van der Waals surface area contributed by atoms with E-state index in [0.29, 0.717) is 31.0 Å². The predicted octanol–water partition coefficient (Wildman–Crippen LogP) is 6.02. The van der Waals surface area contributed by atoms with Crippen LogP contribution in [0.25, 0.3) is 0 Å². The summed E-state index contributed by atoms with van der Waals surface area (Å²) in [7, 11) is 0. The van der Waals surface area contributed by atoms with Crippen molar-refractivity contribution in [2.24, 2.45) is 11.8 Å². The Morgan fingerprint density at radius 2 is 1.67 bits per heavy atom. The van der Waals surface area contributed by atoms with E-state index in [-0.39, 0.29) is 47.5 Å². The molecule has 3 fully saturated rings. The van der Waals surface area contributed by atoms with E-state index in [1.807, 2.05) is 91.9 Å². The van der Waals surface area contributed by atoms with Gasteiger partial charge in [-0.05, 0) is 48.7 Å². The summed E-state index contributed by atoms with van der Waals surface area (Å²) >= 11 is 5.48. The molecule has 3 saturated heterocycles. The topological polar surface area (TPSA) is 90.4 Å². The van der Waals surface area contributed by atoms with Crippen LogP contribution in [0.15, 0.2) is 110 Å². The van der Waals surface area contributed by atoms with E-state index in [0.717, 1.165) is 11.1 Å². The fourth-order valence-corrected chi connectivity index (χ4v) is 11.5. The van der Waals surface area contributed by atoms with Crippen molar-refractivity contribution in [2.45, 2.75) is 46.8 Å². The average Bonchev–Trinajstić information content (AvgIpc) is 3.71. The first-order valence-electron chi connectivity index (χ1n) is 16.7. The maximum absolute atomic E-state index is 15.1. The highest BCUT2D eigenvalue weighted by molar-refractivity contribution is 9.09. The van der Waals surface area contributed by atoms with Crippen LogP contribution in [-0.4, -0.2) is 79.8 Å². The number of fused-ring (bicyclic) bond motifs is 1. The van der Waals surface area contributed by atoms with E-state index < -0.39 is 28.7 Å². The molecule has 0 radical (unpaired) electrons. The normalized spacial score (nSPS) is 25.8. The Bertz CT molecular complexity index is 1670. The summed E-state index contributed by atoms with van der Waals surface area (Å²) in [6, 6.07) is 24.7. The van der Waals surface area contributed by atoms with Crippen molar-refractivity contribution >= 4 is 51.1 Å². The van der Waals surface area contributed by atoms with E-state index in [4.69, 9.17) is 4.74 Å². The summed E-state index contributed by atoms with van der Waals surface area (Å²) in [5.74, 6) is -1.47. The van der Waals surface area contributed by atoms with Crippen molar-refractivity contribution in [1.29, 1.82) is 0 Å². The number of carbonyl (C=O) groups is 3. The number of hydrogen-bond acceptors (Lipinski definition) is 6. The number of aliphatic hydroxyl groups is 1. The van der Waals surface area contributed by atoms with E-state index in [1.165, 1.54) is 0 Å². The molecule has 3 aromatic carbocycles. The van der Waals surface area contributed by atoms with E-state index >= 15 is 9.59 Å². The van der Waals surface area contributed by atoms with Gasteiger partial charge in [-0.25, -0.2) is 0 Å². The first kappa shape index (κ1) is 35.0. The molecule has 3 aliphatic heterocycles. The van der Waals surface area contributed by atoms with Crippen LogP contribution in [0.1, 0.15) is 30.5 Å². The molecule has 3 heterocycles. The second-order valence-electron chi connectivity index (χ2n) is 12.7. The molecule has 3 amide bonds. The summed E-state index contributed by atoms with van der Waals surface area (Å²) in [5.41, 5.74) is 2.36. The number of hydrogen-bond donors (Lipinski definition) is 1. The number of nitrogens with zero attached hydrogens (tertiary/aromatic N) is 3. The first-order chi connectivity index (χ1) is 23.8. The zero-order valence-electron chi connectivity index (χ0n) is 27.6. The van der Waals surface area contributed by atoms with Crippen LogP contribution in [0.5, 0.6) is 5.75 Å². The molecule has 0 aliphatic carbocycles. The first-order valence-corrected chi connectivity index (χ1v) is 18.5. The number of carbonyl (C=O) groups excluding carboxylic acids is 3. The summed E-state index contributed by atoms with van der Waals surface area (Å²) in [6.45, 7) is 10.8. The highest BCUT2D eigenvalue weighted by Gasteiger charge is 2.76. The highest BCUT2D eigenvalue weighted by atomic mass is 79.9. The Morgan fingerprint density at radius 1 is 1.02 bits per heavy atom. The van der Waals surface area contributed by atoms with Crippen LogP contribution >= 0.6 is 27.7 Å². The molecule has 1 N–H and O–H groups in total. The summed E-state index contributed by atoms with van der Waals surface area (Å²) in [5, 5.41) is 10.7. The molecule has 7 atom stereocenters. The molecular formula is C39H42BrN3O5S. The second-order valence-corrected chi connectivity index (χ2v) is 15.4. The van der Waals surface area contributed by atoms with Gasteiger partial charge in [-0.3, -0.25) is 14.4 Å². The molecule has 3 aromatic rings. The van der Waals surface area contributed by atoms with Gasteiger partial charge in [0, 0.05) is 35.4 Å². The zero-order chi connectivity index (χ0) is 34.7. The minimum Gasteiger partial charge on any atom is -0.494 e. The monoisotopic (exact) mass is 743 g/mol. The fraction of sp³-hybridized carbons (Fsp3) is 0.359. The van der Waals surface area contributed by atoms with Gasteiger partial charge in [0.2, 0.25) is 17.7 Å². The number of ether oxygens (including phenoxy) is 1. The van der Waals surface area contributed by atoms with Crippen molar-refractivity contribution in [3.8, 4) is 5.75 Å². The van der Waals surface area contributed by atoms with Crippen molar-refractivity contribution in [2.75, 3.05) is 31.2 Å². The van der Waals surface area contributed by atoms with E-state index in [2.05, 4.69) is 29.1 Å². The minimum absolute atomic E-state index is 0.108.